The first-order valence-electron chi connectivity index (χ1n) is 9.99. The summed E-state index contributed by atoms with van der Waals surface area (Å²) in [4.78, 5) is 29.2. The molecule has 3 aliphatic rings. The molecule has 0 aromatic rings. The molecule has 5 heteroatoms. The Labute approximate surface area is 151 Å². The average molecular weight is 348 g/mol. The van der Waals surface area contributed by atoms with Gasteiger partial charge in [-0.2, -0.15) is 0 Å². The summed E-state index contributed by atoms with van der Waals surface area (Å²) in [5.74, 6) is 0.251. The summed E-state index contributed by atoms with van der Waals surface area (Å²) in [6.07, 6.45) is 9.07. The topological polar surface area (TPSA) is 52.7 Å². The van der Waals surface area contributed by atoms with Gasteiger partial charge >= 0.3 is 0 Å². The molecule has 0 unspecified atom stereocenters. The smallest absolute Gasteiger partial charge is 0.259 e. The van der Waals surface area contributed by atoms with Crippen molar-refractivity contribution in [1.82, 2.24) is 15.1 Å². The second-order valence-corrected chi connectivity index (χ2v) is 8.55. The van der Waals surface area contributed by atoms with Gasteiger partial charge in [0.05, 0.1) is 0 Å². The van der Waals surface area contributed by atoms with Gasteiger partial charge in [-0.25, -0.2) is 0 Å². The second-order valence-electron chi connectivity index (χ2n) is 8.55. The molecular weight excluding hydrogens is 314 g/mol. The molecule has 1 saturated heterocycles. The largest absolute Gasteiger partial charge is 0.352 e. The minimum atomic E-state index is -0.204. The number of carbonyl (C=O) groups is 2. The van der Waals surface area contributed by atoms with E-state index in [9.17, 15) is 9.59 Å². The number of carbonyl (C=O) groups excluding carboxylic acids is 2. The third-order valence-corrected chi connectivity index (χ3v) is 5.99. The molecule has 5 nitrogen and oxygen atoms in total. The number of amides is 2. The molecule has 0 aromatic carbocycles. The average Bonchev–Trinajstić information content (AvgIpc) is 3.02. The van der Waals surface area contributed by atoms with Crippen molar-refractivity contribution >= 4 is 11.8 Å². The fourth-order valence-corrected chi connectivity index (χ4v) is 4.46. The van der Waals surface area contributed by atoms with Crippen molar-refractivity contribution in [3.63, 3.8) is 0 Å². The van der Waals surface area contributed by atoms with Gasteiger partial charge in [0, 0.05) is 39.3 Å². The van der Waals surface area contributed by atoms with Gasteiger partial charge in [0.25, 0.3) is 11.8 Å². The van der Waals surface area contributed by atoms with Crippen LogP contribution in [-0.2, 0) is 9.59 Å². The quantitative estimate of drug-likeness (QED) is 0.718. The van der Waals surface area contributed by atoms with E-state index in [0.29, 0.717) is 23.5 Å². The van der Waals surface area contributed by atoms with Crippen LogP contribution in [0.15, 0.2) is 11.6 Å². The summed E-state index contributed by atoms with van der Waals surface area (Å²) < 4.78 is 0. The van der Waals surface area contributed by atoms with Crippen LogP contribution in [0.4, 0.5) is 0 Å². The number of hydrogen-bond donors (Lipinski definition) is 1. The number of nitrogens with one attached hydrogen (secondary N) is 1. The van der Waals surface area contributed by atoms with Crippen LogP contribution in [0, 0.1) is 11.3 Å². The number of rotatable bonds is 7. The van der Waals surface area contributed by atoms with Crippen LogP contribution in [0.1, 0.15) is 52.4 Å². The maximum Gasteiger partial charge on any atom is 0.259 e. The molecule has 1 aliphatic carbocycles. The van der Waals surface area contributed by atoms with E-state index in [1.54, 1.807) is 6.08 Å². The van der Waals surface area contributed by atoms with E-state index >= 15 is 0 Å². The van der Waals surface area contributed by atoms with E-state index in [0.717, 1.165) is 32.5 Å². The van der Waals surface area contributed by atoms with Crippen molar-refractivity contribution < 1.29 is 9.59 Å². The Morgan fingerprint density at radius 3 is 2.64 bits per heavy atom. The van der Waals surface area contributed by atoms with Crippen LogP contribution in [0.25, 0.3) is 0 Å². The van der Waals surface area contributed by atoms with Gasteiger partial charge in [-0.15, -0.1) is 0 Å². The van der Waals surface area contributed by atoms with E-state index in [-0.39, 0.29) is 11.8 Å². The molecule has 1 N–H and O–H groups in total. The highest BCUT2D eigenvalue weighted by atomic mass is 16.2. The van der Waals surface area contributed by atoms with Crippen LogP contribution in [0.3, 0.4) is 0 Å². The van der Waals surface area contributed by atoms with Crippen LogP contribution in [0.5, 0.6) is 0 Å². The number of likely N-dealkylation sites (tertiary alicyclic amines) is 1. The minimum Gasteiger partial charge on any atom is -0.352 e. The van der Waals surface area contributed by atoms with Gasteiger partial charge in [0.1, 0.15) is 5.57 Å². The van der Waals surface area contributed by atoms with Crippen molar-refractivity contribution in [2.45, 2.75) is 52.4 Å². The van der Waals surface area contributed by atoms with E-state index in [1.165, 1.54) is 38.8 Å². The number of nitrogens with zero attached hydrogens (tertiary/aromatic N) is 2. The van der Waals surface area contributed by atoms with Crippen molar-refractivity contribution in [2.24, 2.45) is 11.3 Å². The lowest BCUT2D eigenvalue weighted by Crippen LogP contribution is -2.57. The van der Waals surface area contributed by atoms with Gasteiger partial charge < -0.3 is 15.1 Å². The predicted octanol–water partition coefficient (Wildman–Crippen LogP) is 2.18. The molecule has 140 valence electrons. The lowest BCUT2D eigenvalue weighted by atomic mass is 9.78. The van der Waals surface area contributed by atoms with Gasteiger partial charge in [-0.1, -0.05) is 32.8 Å². The highest BCUT2D eigenvalue weighted by Gasteiger charge is 2.44. The fourth-order valence-electron chi connectivity index (χ4n) is 4.46. The molecule has 0 radical (unpaired) electrons. The Balaban J connectivity index is 1.42. The molecule has 2 heterocycles. The molecule has 25 heavy (non-hydrogen) atoms. The summed E-state index contributed by atoms with van der Waals surface area (Å²) in [6, 6.07) is 0. The minimum absolute atomic E-state index is 0.0931. The van der Waals surface area contributed by atoms with Gasteiger partial charge in [0.15, 0.2) is 0 Å². The lowest BCUT2D eigenvalue weighted by molar-refractivity contribution is -0.131. The van der Waals surface area contributed by atoms with Crippen LogP contribution < -0.4 is 5.32 Å². The summed E-state index contributed by atoms with van der Waals surface area (Å²) >= 11 is 0. The van der Waals surface area contributed by atoms with Crippen LogP contribution in [0.2, 0.25) is 0 Å². The maximum atomic E-state index is 12.6. The summed E-state index contributed by atoms with van der Waals surface area (Å²) in [6.45, 7) is 9.72. The normalized spacial score (nSPS) is 23.1. The lowest BCUT2D eigenvalue weighted by Gasteiger charge is -2.49. The highest BCUT2D eigenvalue weighted by Crippen LogP contribution is 2.45. The number of hydrogen-bond acceptors (Lipinski definition) is 3. The summed E-state index contributed by atoms with van der Waals surface area (Å²) in [5, 5.41) is 2.89. The summed E-state index contributed by atoms with van der Waals surface area (Å²) in [7, 11) is 0. The molecular formula is C20H33N3O2. The van der Waals surface area contributed by atoms with Crippen molar-refractivity contribution in [3.05, 3.63) is 11.6 Å². The molecule has 1 saturated carbocycles. The Bertz CT molecular complexity index is 527. The molecule has 3 rings (SSSR count). The van der Waals surface area contributed by atoms with E-state index in [1.807, 2.05) is 4.90 Å². The summed E-state index contributed by atoms with van der Waals surface area (Å²) in [5.41, 5.74) is 0.943. The Kier molecular flexibility index (Phi) is 5.82. The maximum absolute atomic E-state index is 12.6. The Hall–Kier alpha value is -1.36. The zero-order chi connectivity index (χ0) is 17.9. The monoisotopic (exact) mass is 347 g/mol. The SMILES string of the molecule is CC(C)CCNC(=O)C1=CCCN(CCN2CC3(CCCC3)C2)C1=O. The zero-order valence-corrected chi connectivity index (χ0v) is 15.9. The Morgan fingerprint density at radius 2 is 1.96 bits per heavy atom. The van der Waals surface area contributed by atoms with Gasteiger partial charge in [0.2, 0.25) is 0 Å². The molecule has 2 fully saturated rings. The van der Waals surface area contributed by atoms with Gasteiger partial charge in [-0.05, 0) is 37.0 Å². The molecule has 2 aliphatic heterocycles. The first-order valence-corrected chi connectivity index (χ1v) is 9.99. The Morgan fingerprint density at radius 1 is 1.24 bits per heavy atom. The van der Waals surface area contributed by atoms with E-state index in [2.05, 4.69) is 24.1 Å². The van der Waals surface area contributed by atoms with Gasteiger partial charge in [-0.3, -0.25) is 9.59 Å². The highest BCUT2D eigenvalue weighted by molar-refractivity contribution is 6.18. The third-order valence-electron chi connectivity index (χ3n) is 5.99. The first-order chi connectivity index (χ1) is 12.0. The van der Waals surface area contributed by atoms with Crippen LogP contribution in [-0.4, -0.2) is 60.9 Å². The van der Waals surface area contributed by atoms with Crippen molar-refractivity contribution in [1.29, 1.82) is 0 Å². The van der Waals surface area contributed by atoms with E-state index in [4.69, 9.17) is 0 Å². The van der Waals surface area contributed by atoms with Crippen LogP contribution >= 0.6 is 0 Å². The molecule has 0 bridgehead atoms. The van der Waals surface area contributed by atoms with E-state index < -0.39 is 0 Å². The third kappa shape index (κ3) is 4.43. The molecule has 2 amide bonds. The predicted molar refractivity (Wildman–Crippen MR) is 99.1 cm³/mol. The molecule has 0 aromatic heterocycles. The molecule has 1 spiro atoms. The zero-order valence-electron chi connectivity index (χ0n) is 15.9. The standard InChI is InChI=1S/C20H33N3O2/c1-16(2)7-10-21-18(24)17-6-5-11-23(19(17)25)13-12-22-14-20(15-22)8-3-4-9-20/h6,16H,3-5,7-15H2,1-2H3,(H,21,24). The molecule has 0 atom stereocenters. The van der Waals surface area contributed by atoms with Crippen molar-refractivity contribution in [3.8, 4) is 0 Å². The fraction of sp³-hybridized carbons (Fsp3) is 0.800. The van der Waals surface area contributed by atoms with Crippen molar-refractivity contribution in [2.75, 3.05) is 39.3 Å². The second kappa shape index (κ2) is 7.90. The first kappa shape index (κ1) is 18.4.